The molecule has 104 valence electrons. The van der Waals surface area contributed by atoms with Crippen LogP contribution in [0, 0.1) is 0 Å². The van der Waals surface area contributed by atoms with Gasteiger partial charge in [-0.3, -0.25) is 4.79 Å². The molecule has 1 aromatic heterocycles. The first kappa shape index (κ1) is 13.7. The highest BCUT2D eigenvalue weighted by molar-refractivity contribution is 6.30. The second-order valence-electron chi connectivity index (χ2n) is 4.88. The van der Waals surface area contributed by atoms with E-state index in [0.717, 1.165) is 16.7 Å². The summed E-state index contributed by atoms with van der Waals surface area (Å²) in [6.07, 6.45) is 1.89. The Morgan fingerprint density at radius 3 is 2.19 bits per heavy atom. The van der Waals surface area contributed by atoms with Crippen molar-refractivity contribution >= 4 is 11.6 Å². The number of rotatable bonds is 3. The predicted molar refractivity (Wildman–Crippen MR) is 86.7 cm³/mol. The molecule has 0 radical (unpaired) electrons. The van der Waals surface area contributed by atoms with Gasteiger partial charge in [-0.05, 0) is 34.9 Å². The summed E-state index contributed by atoms with van der Waals surface area (Å²) in [4.78, 5) is 12.0. The highest BCUT2D eigenvalue weighted by atomic mass is 35.5. The zero-order valence-electron chi connectivity index (χ0n) is 11.4. The highest BCUT2D eigenvalue weighted by Crippen LogP contribution is 2.20. The van der Waals surface area contributed by atoms with Crippen molar-refractivity contribution in [2.75, 3.05) is 0 Å². The molecule has 0 amide bonds. The Bertz CT molecular complexity index is 791. The minimum Gasteiger partial charge on any atom is -0.310 e. The van der Waals surface area contributed by atoms with Gasteiger partial charge in [0, 0.05) is 17.3 Å². The summed E-state index contributed by atoms with van der Waals surface area (Å²) in [6.45, 7) is 0.571. The molecular formula is C18H14ClNO. The lowest BCUT2D eigenvalue weighted by Crippen LogP contribution is -2.19. The zero-order chi connectivity index (χ0) is 14.7. The number of pyridine rings is 1. The Labute approximate surface area is 128 Å². The number of benzene rings is 2. The fourth-order valence-corrected chi connectivity index (χ4v) is 2.37. The number of aromatic nitrogens is 1. The molecule has 3 aromatic rings. The van der Waals surface area contributed by atoms with Crippen LogP contribution in [0.2, 0.25) is 5.02 Å². The second kappa shape index (κ2) is 5.98. The van der Waals surface area contributed by atoms with Crippen molar-refractivity contribution in [3.05, 3.63) is 93.9 Å². The SMILES string of the molecule is O=c1ccc(-c2ccc(Cl)cc2)cn1Cc1ccccc1. The Hall–Kier alpha value is -2.32. The molecule has 0 atom stereocenters. The van der Waals surface area contributed by atoms with Crippen molar-refractivity contribution in [2.45, 2.75) is 6.54 Å². The van der Waals surface area contributed by atoms with E-state index in [2.05, 4.69) is 0 Å². The van der Waals surface area contributed by atoms with E-state index in [1.807, 2.05) is 66.9 Å². The van der Waals surface area contributed by atoms with E-state index in [1.165, 1.54) is 0 Å². The molecule has 0 unspecified atom stereocenters. The van der Waals surface area contributed by atoms with Gasteiger partial charge in [-0.15, -0.1) is 0 Å². The molecule has 0 saturated carbocycles. The van der Waals surface area contributed by atoms with Crippen molar-refractivity contribution in [2.24, 2.45) is 0 Å². The molecule has 0 saturated heterocycles. The molecule has 0 fully saturated rings. The van der Waals surface area contributed by atoms with Crippen LogP contribution in [-0.2, 0) is 6.54 Å². The van der Waals surface area contributed by atoms with E-state index < -0.39 is 0 Å². The van der Waals surface area contributed by atoms with Crippen LogP contribution in [0.5, 0.6) is 0 Å². The van der Waals surface area contributed by atoms with Gasteiger partial charge in [0.15, 0.2) is 0 Å². The minimum atomic E-state index is -0.00318. The lowest BCUT2D eigenvalue weighted by molar-refractivity contribution is 0.761. The fourth-order valence-electron chi connectivity index (χ4n) is 2.25. The quantitative estimate of drug-likeness (QED) is 0.709. The van der Waals surface area contributed by atoms with Crippen LogP contribution in [0.1, 0.15) is 5.56 Å². The Morgan fingerprint density at radius 1 is 0.810 bits per heavy atom. The predicted octanol–water partition coefficient (Wildman–Crippen LogP) is 4.22. The molecule has 2 aromatic carbocycles. The topological polar surface area (TPSA) is 22.0 Å². The van der Waals surface area contributed by atoms with Gasteiger partial charge in [-0.2, -0.15) is 0 Å². The summed E-state index contributed by atoms with van der Waals surface area (Å²) in [6, 6.07) is 21.0. The molecular weight excluding hydrogens is 282 g/mol. The van der Waals surface area contributed by atoms with Gasteiger partial charge in [-0.25, -0.2) is 0 Å². The average Bonchev–Trinajstić information content (AvgIpc) is 2.51. The van der Waals surface area contributed by atoms with Crippen LogP contribution >= 0.6 is 11.6 Å². The lowest BCUT2D eigenvalue weighted by atomic mass is 10.1. The van der Waals surface area contributed by atoms with Gasteiger partial charge in [-0.1, -0.05) is 54.1 Å². The standard InChI is InChI=1S/C18H14ClNO/c19-17-9-6-15(7-10-17)16-8-11-18(21)20(13-16)12-14-4-2-1-3-5-14/h1-11,13H,12H2. The summed E-state index contributed by atoms with van der Waals surface area (Å²) >= 11 is 5.91. The third-order valence-corrected chi connectivity index (χ3v) is 3.61. The molecule has 0 spiro atoms. The Balaban J connectivity index is 1.96. The third-order valence-electron chi connectivity index (χ3n) is 3.36. The molecule has 21 heavy (non-hydrogen) atoms. The summed E-state index contributed by atoms with van der Waals surface area (Å²) in [5.74, 6) is 0. The minimum absolute atomic E-state index is 0.00318. The lowest BCUT2D eigenvalue weighted by Gasteiger charge is -2.09. The van der Waals surface area contributed by atoms with E-state index >= 15 is 0 Å². The van der Waals surface area contributed by atoms with E-state index in [4.69, 9.17) is 11.6 Å². The normalized spacial score (nSPS) is 10.5. The van der Waals surface area contributed by atoms with E-state index in [-0.39, 0.29) is 5.56 Å². The average molecular weight is 296 g/mol. The highest BCUT2D eigenvalue weighted by Gasteiger charge is 2.02. The summed E-state index contributed by atoms with van der Waals surface area (Å²) < 4.78 is 1.72. The summed E-state index contributed by atoms with van der Waals surface area (Å²) in [7, 11) is 0. The monoisotopic (exact) mass is 295 g/mol. The molecule has 1 heterocycles. The first-order valence-electron chi connectivity index (χ1n) is 6.73. The van der Waals surface area contributed by atoms with Gasteiger partial charge in [0.1, 0.15) is 0 Å². The maximum atomic E-state index is 12.0. The molecule has 0 aliphatic rings. The summed E-state index contributed by atoms with van der Waals surface area (Å²) in [5, 5.41) is 0.705. The van der Waals surface area contributed by atoms with Crippen LogP contribution in [0.4, 0.5) is 0 Å². The summed E-state index contributed by atoms with van der Waals surface area (Å²) in [5.41, 5.74) is 3.15. The Morgan fingerprint density at radius 2 is 1.48 bits per heavy atom. The Kier molecular flexibility index (Phi) is 3.89. The fraction of sp³-hybridized carbons (Fsp3) is 0.0556. The van der Waals surface area contributed by atoms with Crippen molar-refractivity contribution in [3.8, 4) is 11.1 Å². The zero-order valence-corrected chi connectivity index (χ0v) is 12.1. The van der Waals surface area contributed by atoms with Crippen LogP contribution in [0.3, 0.4) is 0 Å². The van der Waals surface area contributed by atoms with Gasteiger partial charge in [0.2, 0.25) is 0 Å². The molecule has 0 bridgehead atoms. The van der Waals surface area contributed by atoms with Crippen molar-refractivity contribution in [3.63, 3.8) is 0 Å². The number of hydrogen-bond acceptors (Lipinski definition) is 1. The number of nitrogens with zero attached hydrogens (tertiary/aromatic N) is 1. The van der Waals surface area contributed by atoms with Gasteiger partial charge in [0.05, 0.1) is 6.54 Å². The molecule has 3 heteroatoms. The van der Waals surface area contributed by atoms with E-state index in [9.17, 15) is 4.79 Å². The van der Waals surface area contributed by atoms with Gasteiger partial charge >= 0.3 is 0 Å². The number of halogens is 1. The first-order valence-corrected chi connectivity index (χ1v) is 7.10. The molecule has 0 aliphatic carbocycles. The van der Waals surface area contributed by atoms with Crippen LogP contribution in [-0.4, -0.2) is 4.57 Å². The van der Waals surface area contributed by atoms with Gasteiger partial charge in [0.25, 0.3) is 5.56 Å². The van der Waals surface area contributed by atoms with Crippen LogP contribution in [0.25, 0.3) is 11.1 Å². The maximum absolute atomic E-state index is 12.0. The van der Waals surface area contributed by atoms with Crippen molar-refractivity contribution in [1.29, 1.82) is 0 Å². The van der Waals surface area contributed by atoms with E-state index in [1.54, 1.807) is 10.6 Å². The second-order valence-corrected chi connectivity index (χ2v) is 5.31. The van der Waals surface area contributed by atoms with Gasteiger partial charge < -0.3 is 4.57 Å². The molecule has 3 rings (SSSR count). The smallest absolute Gasteiger partial charge is 0.250 e. The molecule has 2 nitrogen and oxygen atoms in total. The first-order chi connectivity index (χ1) is 10.2. The maximum Gasteiger partial charge on any atom is 0.250 e. The van der Waals surface area contributed by atoms with E-state index in [0.29, 0.717) is 11.6 Å². The number of hydrogen-bond donors (Lipinski definition) is 0. The molecule has 0 N–H and O–H groups in total. The van der Waals surface area contributed by atoms with Crippen LogP contribution in [0.15, 0.2) is 77.7 Å². The van der Waals surface area contributed by atoms with Crippen molar-refractivity contribution < 1.29 is 0 Å². The molecule has 0 aliphatic heterocycles. The van der Waals surface area contributed by atoms with Crippen LogP contribution < -0.4 is 5.56 Å². The van der Waals surface area contributed by atoms with Crippen molar-refractivity contribution in [1.82, 2.24) is 4.57 Å². The third kappa shape index (κ3) is 3.23. The largest absolute Gasteiger partial charge is 0.310 e.